The maximum Gasteiger partial charge on any atom is 0.136 e. The molecule has 8 rings (SSSR count). The van der Waals surface area contributed by atoms with Crippen LogP contribution in [0.15, 0.2) is 124 Å². The van der Waals surface area contributed by atoms with E-state index in [9.17, 15) is 15.8 Å². The van der Waals surface area contributed by atoms with Gasteiger partial charge in [0, 0.05) is 38.2 Å². The molecule has 0 aliphatic heterocycles. The quantitative estimate of drug-likeness (QED) is 0.214. The number of hydrogen-bond donors (Lipinski definition) is 0. The molecule has 0 N–H and O–H groups in total. The smallest absolute Gasteiger partial charge is 0.136 e. The molecular formula is C39H19N3O2. The third kappa shape index (κ3) is 3.77. The maximum atomic E-state index is 10.6. The van der Waals surface area contributed by atoms with Gasteiger partial charge in [0.1, 0.15) is 28.4 Å². The van der Waals surface area contributed by atoms with E-state index in [1.54, 1.807) is 18.2 Å². The standard InChI is InChI=1S/C39H19N3O2/c40-20-25-6-5-7-26(21-41)39(25)33-18-27(23-13-15-37-32(16-23)29-9-2-4-11-36(29)43-37)17-31(34(33)22-42)24-12-14-30-28-8-1-3-10-35(28)44-38(30)19-24/h1-19H. The molecule has 5 heteroatoms. The van der Waals surface area contributed by atoms with Crippen LogP contribution in [0.25, 0.3) is 77.3 Å². The number of furan rings is 2. The van der Waals surface area contributed by atoms with Gasteiger partial charge in [-0.25, -0.2) is 0 Å². The fourth-order valence-corrected chi connectivity index (χ4v) is 6.18. The topological polar surface area (TPSA) is 97.7 Å². The highest BCUT2D eigenvalue weighted by Crippen LogP contribution is 2.42. The maximum absolute atomic E-state index is 10.6. The van der Waals surface area contributed by atoms with Crippen LogP contribution in [-0.2, 0) is 0 Å². The second-order valence-electron chi connectivity index (χ2n) is 10.6. The first-order valence-electron chi connectivity index (χ1n) is 14.0. The van der Waals surface area contributed by atoms with Gasteiger partial charge in [-0.05, 0) is 77.4 Å². The third-order valence-electron chi connectivity index (χ3n) is 8.22. The van der Waals surface area contributed by atoms with Crippen LogP contribution < -0.4 is 0 Å². The molecule has 6 aromatic carbocycles. The number of nitriles is 3. The minimum atomic E-state index is 0.327. The van der Waals surface area contributed by atoms with Crippen molar-refractivity contribution in [3.05, 3.63) is 132 Å². The summed E-state index contributed by atoms with van der Waals surface area (Å²) in [5.74, 6) is 0. The molecule has 2 aromatic heterocycles. The average Bonchev–Trinajstić information content (AvgIpc) is 3.64. The fourth-order valence-electron chi connectivity index (χ4n) is 6.18. The summed E-state index contributed by atoms with van der Waals surface area (Å²) < 4.78 is 12.3. The van der Waals surface area contributed by atoms with E-state index in [0.717, 1.165) is 55.0 Å². The van der Waals surface area contributed by atoms with Crippen LogP contribution in [0.4, 0.5) is 0 Å². The fraction of sp³-hybridized carbons (Fsp3) is 0. The monoisotopic (exact) mass is 561 g/mol. The molecule has 0 aliphatic carbocycles. The number of rotatable bonds is 3. The predicted molar refractivity (Wildman–Crippen MR) is 171 cm³/mol. The summed E-state index contributed by atoms with van der Waals surface area (Å²) in [6, 6.07) is 43.6. The second-order valence-corrected chi connectivity index (χ2v) is 10.6. The molecule has 8 aromatic rings. The van der Waals surface area contributed by atoms with Crippen molar-refractivity contribution < 1.29 is 8.83 Å². The van der Waals surface area contributed by atoms with Crippen LogP contribution >= 0.6 is 0 Å². The van der Waals surface area contributed by atoms with Gasteiger partial charge in [0.25, 0.3) is 0 Å². The molecule has 202 valence electrons. The van der Waals surface area contributed by atoms with Crippen LogP contribution in [0.5, 0.6) is 0 Å². The Hall–Kier alpha value is -6.61. The van der Waals surface area contributed by atoms with Gasteiger partial charge in [0.15, 0.2) is 0 Å². The van der Waals surface area contributed by atoms with E-state index in [4.69, 9.17) is 8.83 Å². The van der Waals surface area contributed by atoms with Gasteiger partial charge in [0.2, 0.25) is 0 Å². The largest absolute Gasteiger partial charge is 0.456 e. The molecule has 0 unspecified atom stereocenters. The van der Waals surface area contributed by atoms with Crippen molar-refractivity contribution in [2.24, 2.45) is 0 Å². The lowest BCUT2D eigenvalue weighted by Crippen LogP contribution is -1.97. The first-order chi connectivity index (χ1) is 21.7. The summed E-state index contributed by atoms with van der Waals surface area (Å²) in [6.45, 7) is 0. The van der Waals surface area contributed by atoms with Gasteiger partial charge in [-0.1, -0.05) is 54.6 Å². The molecule has 2 heterocycles. The van der Waals surface area contributed by atoms with E-state index in [-0.39, 0.29) is 0 Å². The van der Waals surface area contributed by atoms with Crippen molar-refractivity contribution in [1.82, 2.24) is 0 Å². The number of nitrogens with zero attached hydrogens (tertiary/aromatic N) is 3. The van der Waals surface area contributed by atoms with Crippen LogP contribution in [0.3, 0.4) is 0 Å². The Kier molecular flexibility index (Phi) is 5.56. The lowest BCUT2D eigenvalue weighted by molar-refractivity contribution is 0.668. The first kappa shape index (κ1) is 25.1. The van der Waals surface area contributed by atoms with E-state index >= 15 is 0 Å². The Morgan fingerprint density at radius 3 is 1.70 bits per heavy atom. The van der Waals surface area contributed by atoms with Crippen LogP contribution in [0, 0.1) is 34.0 Å². The van der Waals surface area contributed by atoms with E-state index in [0.29, 0.717) is 39.0 Å². The zero-order valence-electron chi connectivity index (χ0n) is 23.1. The minimum absolute atomic E-state index is 0.327. The van der Waals surface area contributed by atoms with E-state index in [1.165, 1.54) is 0 Å². The van der Waals surface area contributed by atoms with Gasteiger partial charge in [-0.15, -0.1) is 0 Å². The highest BCUT2D eigenvalue weighted by Gasteiger charge is 2.21. The molecule has 0 saturated carbocycles. The van der Waals surface area contributed by atoms with Crippen molar-refractivity contribution in [3.8, 4) is 51.6 Å². The number of hydrogen-bond acceptors (Lipinski definition) is 5. The Balaban J connectivity index is 1.44. The molecule has 0 amide bonds. The van der Waals surface area contributed by atoms with Gasteiger partial charge < -0.3 is 8.83 Å². The lowest BCUT2D eigenvalue weighted by Gasteiger charge is -2.16. The summed E-state index contributed by atoms with van der Waals surface area (Å²) in [7, 11) is 0. The Labute approximate surface area is 251 Å². The molecular weight excluding hydrogens is 542 g/mol. The molecule has 0 saturated heterocycles. The summed E-state index contributed by atoms with van der Waals surface area (Å²) in [6.07, 6.45) is 0. The van der Waals surface area contributed by atoms with Crippen molar-refractivity contribution in [3.63, 3.8) is 0 Å². The van der Waals surface area contributed by atoms with Crippen molar-refractivity contribution in [1.29, 1.82) is 15.8 Å². The highest BCUT2D eigenvalue weighted by atomic mass is 16.3. The van der Waals surface area contributed by atoms with Gasteiger partial charge in [0.05, 0.1) is 28.8 Å². The van der Waals surface area contributed by atoms with Gasteiger partial charge >= 0.3 is 0 Å². The third-order valence-corrected chi connectivity index (χ3v) is 8.22. The molecule has 0 radical (unpaired) electrons. The van der Waals surface area contributed by atoms with Crippen molar-refractivity contribution >= 4 is 43.9 Å². The zero-order chi connectivity index (χ0) is 29.8. The second kappa shape index (κ2) is 9.74. The summed E-state index contributed by atoms with van der Waals surface area (Å²) in [5, 5.41) is 34.7. The number of fused-ring (bicyclic) bond motifs is 6. The van der Waals surface area contributed by atoms with E-state index in [2.05, 4.69) is 24.3 Å². The Morgan fingerprint density at radius 1 is 0.409 bits per heavy atom. The SMILES string of the molecule is N#Cc1cccc(C#N)c1-c1cc(-c2ccc3oc4ccccc4c3c2)cc(-c2ccc3c(c2)oc2ccccc23)c1C#N. The molecule has 0 bridgehead atoms. The van der Waals surface area contributed by atoms with Crippen LogP contribution in [0.1, 0.15) is 16.7 Å². The molecule has 0 fully saturated rings. The Morgan fingerprint density at radius 2 is 1.00 bits per heavy atom. The molecule has 5 nitrogen and oxygen atoms in total. The van der Waals surface area contributed by atoms with Crippen molar-refractivity contribution in [2.45, 2.75) is 0 Å². The van der Waals surface area contributed by atoms with Crippen LogP contribution in [-0.4, -0.2) is 0 Å². The summed E-state index contributed by atoms with van der Waals surface area (Å²) >= 11 is 0. The zero-order valence-corrected chi connectivity index (χ0v) is 23.1. The first-order valence-corrected chi connectivity index (χ1v) is 14.0. The summed E-state index contributed by atoms with van der Waals surface area (Å²) in [4.78, 5) is 0. The lowest BCUT2D eigenvalue weighted by atomic mass is 9.85. The van der Waals surface area contributed by atoms with E-state index in [1.807, 2.05) is 91.0 Å². The highest BCUT2D eigenvalue weighted by molar-refractivity contribution is 6.08. The van der Waals surface area contributed by atoms with Crippen LogP contribution in [0.2, 0.25) is 0 Å². The van der Waals surface area contributed by atoms with E-state index < -0.39 is 0 Å². The summed E-state index contributed by atoms with van der Waals surface area (Å²) in [5.41, 5.74) is 8.29. The minimum Gasteiger partial charge on any atom is -0.456 e. The molecule has 0 spiro atoms. The number of benzene rings is 6. The average molecular weight is 562 g/mol. The number of para-hydroxylation sites is 2. The van der Waals surface area contributed by atoms with Gasteiger partial charge in [-0.2, -0.15) is 15.8 Å². The molecule has 44 heavy (non-hydrogen) atoms. The normalized spacial score (nSPS) is 11.1. The molecule has 0 atom stereocenters. The van der Waals surface area contributed by atoms with Crippen molar-refractivity contribution in [2.75, 3.05) is 0 Å². The molecule has 0 aliphatic rings. The van der Waals surface area contributed by atoms with Gasteiger partial charge in [-0.3, -0.25) is 0 Å². The predicted octanol–water partition coefficient (Wildman–Crippen LogP) is 10.1. The Bertz CT molecular complexity index is 2570.